The van der Waals surface area contributed by atoms with Crippen LogP contribution in [-0.2, 0) is 11.0 Å². The molecule has 3 rings (SSSR count). The van der Waals surface area contributed by atoms with Gasteiger partial charge in [-0.05, 0) is 31.2 Å². The van der Waals surface area contributed by atoms with Gasteiger partial charge in [0.2, 0.25) is 11.1 Å². The number of aromatic nitrogens is 3. The fourth-order valence-electron chi connectivity index (χ4n) is 2.29. The molecule has 2 aromatic carbocycles. The molecule has 3 aromatic rings. The van der Waals surface area contributed by atoms with Crippen molar-refractivity contribution in [2.75, 3.05) is 5.32 Å². The van der Waals surface area contributed by atoms with Crippen molar-refractivity contribution in [1.29, 1.82) is 0 Å². The molecule has 1 N–H and O–H groups in total. The molecule has 0 aliphatic rings. The number of anilines is 1. The molecule has 1 atom stereocenters. The summed E-state index contributed by atoms with van der Waals surface area (Å²) in [6.45, 7) is 1.58. The molecule has 1 amide bonds. The third kappa shape index (κ3) is 4.68. The monoisotopic (exact) mass is 392 g/mol. The lowest BCUT2D eigenvalue weighted by atomic mass is 10.1. The van der Waals surface area contributed by atoms with Crippen molar-refractivity contribution in [2.45, 2.75) is 23.5 Å². The van der Waals surface area contributed by atoms with Crippen LogP contribution in [0.15, 0.2) is 66.1 Å². The molecular formula is C18H15F3N4OS. The predicted octanol–water partition coefficient (Wildman–Crippen LogP) is 4.41. The van der Waals surface area contributed by atoms with E-state index in [1.54, 1.807) is 11.6 Å². The summed E-state index contributed by atoms with van der Waals surface area (Å²) in [4.78, 5) is 16.4. The Labute approximate surface area is 157 Å². The number of thioether (sulfide) groups is 1. The molecule has 0 bridgehead atoms. The molecule has 0 spiro atoms. The van der Waals surface area contributed by atoms with Crippen molar-refractivity contribution >= 4 is 23.4 Å². The summed E-state index contributed by atoms with van der Waals surface area (Å²) < 4.78 is 40.7. The Bertz CT molecular complexity index is 928. The third-order valence-corrected chi connectivity index (χ3v) is 4.60. The number of rotatable bonds is 5. The number of carbonyl (C=O) groups is 1. The Morgan fingerprint density at radius 1 is 1.11 bits per heavy atom. The van der Waals surface area contributed by atoms with E-state index < -0.39 is 22.9 Å². The van der Waals surface area contributed by atoms with Crippen molar-refractivity contribution < 1.29 is 18.0 Å². The van der Waals surface area contributed by atoms with Crippen LogP contribution in [0.2, 0.25) is 0 Å². The highest BCUT2D eigenvalue weighted by atomic mass is 32.2. The zero-order chi connectivity index (χ0) is 19.4. The number of alkyl halides is 3. The molecule has 0 saturated heterocycles. The highest BCUT2D eigenvalue weighted by Gasteiger charge is 2.34. The van der Waals surface area contributed by atoms with Gasteiger partial charge in [-0.25, -0.2) is 9.67 Å². The van der Waals surface area contributed by atoms with E-state index in [0.29, 0.717) is 5.16 Å². The Morgan fingerprint density at radius 3 is 2.48 bits per heavy atom. The Hall–Kier alpha value is -2.81. The number of carbonyl (C=O) groups excluding carboxylic acids is 1. The molecule has 0 radical (unpaired) electrons. The number of nitrogens with zero attached hydrogens (tertiary/aromatic N) is 3. The highest BCUT2D eigenvalue weighted by molar-refractivity contribution is 8.00. The maximum absolute atomic E-state index is 13.0. The number of benzene rings is 2. The minimum atomic E-state index is -4.55. The number of hydrogen-bond donors (Lipinski definition) is 1. The number of halogens is 3. The second-order valence-electron chi connectivity index (χ2n) is 5.60. The largest absolute Gasteiger partial charge is 0.418 e. The van der Waals surface area contributed by atoms with Gasteiger partial charge in [0.15, 0.2) is 0 Å². The van der Waals surface area contributed by atoms with E-state index in [0.717, 1.165) is 23.5 Å². The number of hydrogen-bond acceptors (Lipinski definition) is 4. The fourth-order valence-corrected chi connectivity index (χ4v) is 3.02. The van der Waals surface area contributed by atoms with Gasteiger partial charge in [-0.1, -0.05) is 42.1 Å². The van der Waals surface area contributed by atoms with Crippen LogP contribution in [0, 0.1) is 0 Å². The molecule has 0 saturated carbocycles. The highest BCUT2D eigenvalue weighted by Crippen LogP contribution is 2.35. The number of para-hydroxylation sites is 2. The van der Waals surface area contributed by atoms with Crippen molar-refractivity contribution in [3.8, 4) is 5.69 Å². The molecule has 140 valence electrons. The van der Waals surface area contributed by atoms with Gasteiger partial charge < -0.3 is 5.32 Å². The first kappa shape index (κ1) is 19.0. The van der Waals surface area contributed by atoms with Gasteiger partial charge in [-0.15, -0.1) is 5.10 Å². The maximum atomic E-state index is 13.0. The maximum Gasteiger partial charge on any atom is 0.418 e. The minimum absolute atomic E-state index is 0.273. The molecule has 5 nitrogen and oxygen atoms in total. The summed E-state index contributed by atoms with van der Waals surface area (Å²) in [6.07, 6.45) is -3.03. The van der Waals surface area contributed by atoms with Crippen LogP contribution < -0.4 is 5.32 Å². The number of amides is 1. The van der Waals surface area contributed by atoms with E-state index in [4.69, 9.17) is 0 Å². The van der Waals surface area contributed by atoms with Gasteiger partial charge in [-0.3, -0.25) is 4.79 Å². The van der Waals surface area contributed by atoms with Crippen LogP contribution in [0.25, 0.3) is 5.69 Å². The van der Waals surface area contributed by atoms with Gasteiger partial charge >= 0.3 is 6.18 Å². The van der Waals surface area contributed by atoms with Gasteiger partial charge in [0.25, 0.3) is 0 Å². The van der Waals surface area contributed by atoms with Crippen LogP contribution in [0.5, 0.6) is 0 Å². The molecule has 0 fully saturated rings. The average molecular weight is 392 g/mol. The molecular weight excluding hydrogens is 377 g/mol. The van der Waals surface area contributed by atoms with E-state index in [1.165, 1.54) is 24.5 Å². The van der Waals surface area contributed by atoms with Crippen LogP contribution in [-0.4, -0.2) is 25.9 Å². The molecule has 1 heterocycles. The van der Waals surface area contributed by atoms with E-state index >= 15 is 0 Å². The van der Waals surface area contributed by atoms with E-state index in [9.17, 15) is 18.0 Å². The van der Waals surface area contributed by atoms with Crippen molar-refractivity contribution in [3.63, 3.8) is 0 Å². The second-order valence-corrected chi connectivity index (χ2v) is 6.91. The van der Waals surface area contributed by atoms with Crippen LogP contribution in [0.1, 0.15) is 12.5 Å². The quantitative estimate of drug-likeness (QED) is 0.654. The normalized spacial score (nSPS) is 12.6. The van der Waals surface area contributed by atoms with Crippen molar-refractivity contribution in [3.05, 3.63) is 66.5 Å². The Kier molecular flexibility index (Phi) is 5.50. The summed E-state index contributed by atoms with van der Waals surface area (Å²) in [5, 5.41) is 6.28. The zero-order valence-corrected chi connectivity index (χ0v) is 15.0. The fraction of sp³-hybridized carbons (Fsp3) is 0.167. The lowest BCUT2D eigenvalue weighted by Crippen LogP contribution is -2.24. The van der Waals surface area contributed by atoms with E-state index in [2.05, 4.69) is 15.4 Å². The summed E-state index contributed by atoms with van der Waals surface area (Å²) in [6, 6.07) is 14.2. The molecule has 9 heteroatoms. The number of nitrogens with one attached hydrogen (secondary N) is 1. The van der Waals surface area contributed by atoms with Gasteiger partial charge in [-0.2, -0.15) is 13.2 Å². The molecule has 0 aliphatic heterocycles. The lowest BCUT2D eigenvalue weighted by molar-refractivity contribution is -0.137. The van der Waals surface area contributed by atoms with Crippen molar-refractivity contribution in [2.24, 2.45) is 0 Å². The summed E-state index contributed by atoms with van der Waals surface area (Å²) in [5.74, 6) is -0.562. The standard InChI is InChI=1S/C18H15F3N4OS/c1-12(16(26)23-15-10-6-5-9-14(15)18(19,20)21)27-17-22-11-25(24-17)13-7-3-2-4-8-13/h2-12H,1H3,(H,23,26)/t12-/m1/s1. The van der Waals surface area contributed by atoms with Crippen molar-refractivity contribution in [1.82, 2.24) is 14.8 Å². The van der Waals surface area contributed by atoms with Crippen LogP contribution in [0.4, 0.5) is 18.9 Å². The van der Waals surface area contributed by atoms with Gasteiger partial charge in [0.05, 0.1) is 22.2 Å². The Balaban J connectivity index is 1.68. The smallest absolute Gasteiger partial charge is 0.325 e. The summed E-state index contributed by atoms with van der Waals surface area (Å²) in [7, 11) is 0. The van der Waals surface area contributed by atoms with E-state index in [1.807, 2.05) is 30.3 Å². The molecule has 0 aliphatic carbocycles. The Morgan fingerprint density at radius 2 is 1.78 bits per heavy atom. The van der Waals surface area contributed by atoms with Gasteiger partial charge in [0.1, 0.15) is 6.33 Å². The molecule has 27 heavy (non-hydrogen) atoms. The first-order chi connectivity index (χ1) is 12.8. The molecule has 0 unspecified atom stereocenters. The molecule has 1 aromatic heterocycles. The van der Waals surface area contributed by atoms with E-state index in [-0.39, 0.29) is 5.69 Å². The first-order valence-corrected chi connectivity index (χ1v) is 8.83. The average Bonchev–Trinajstić information content (AvgIpc) is 3.10. The summed E-state index contributed by atoms with van der Waals surface area (Å²) >= 11 is 1.06. The van der Waals surface area contributed by atoms with Crippen LogP contribution >= 0.6 is 11.8 Å². The zero-order valence-electron chi connectivity index (χ0n) is 14.1. The second kappa shape index (κ2) is 7.83. The third-order valence-electron chi connectivity index (χ3n) is 3.63. The summed E-state index contributed by atoms with van der Waals surface area (Å²) in [5.41, 5.74) is -0.347. The van der Waals surface area contributed by atoms with Gasteiger partial charge in [0, 0.05) is 0 Å². The first-order valence-electron chi connectivity index (χ1n) is 7.95. The predicted molar refractivity (Wildman–Crippen MR) is 96.8 cm³/mol. The lowest BCUT2D eigenvalue weighted by Gasteiger charge is -2.15. The topological polar surface area (TPSA) is 59.8 Å². The van der Waals surface area contributed by atoms with Crippen LogP contribution in [0.3, 0.4) is 0 Å². The SMILES string of the molecule is C[C@@H](Sc1ncn(-c2ccccc2)n1)C(=O)Nc1ccccc1C(F)(F)F. The minimum Gasteiger partial charge on any atom is -0.325 e.